The Bertz CT molecular complexity index is 435. The van der Waals surface area contributed by atoms with Gasteiger partial charge in [-0.2, -0.15) is 0 Å². The number of carbonyl (C=O) groups excluding carboxylic acids is 3. The molecule has 2 amide bonds. The van der Waals surface area contributed by atoms with Crippen molar-refractivity contribution in [1.29, 1.82) is 0 Å². The van der Waals surface area contributed by atoms with Crippen molar-refractivity contribution in [2.75, 3.05) is 32.6 Å². The average molecular weight is 488 g/mol. The van der Waals surface area contributed by atoms with E-state index in [4.69, 9.17) is 8.68 Å². The number of hydrogen-bond donors (Lipinski definition) is 1. The molecular weight excluding hydrogens is 449 g/mol. The number of nitrogens with two attached hydrogens (primary N) is 1. The first kappa shape index (κ1) is 29.8. The Balaban J connectivity index is -0.000000422. The van der Waals surface area contributed by atoms with Gasteiger partial charge < -0.3 is 9.64 Å². The second-order valence-electron chi connectivity index (χ2n) is 7.37. The van der Waals surface area contributed by atoms with Gasteiger partial charge in [0, 0.05) is 20.0 Å². The van der Waals surface area contributed by atoms with E-state index in [0.717, 1.165) is 4.43 Å². The molecule has 0 aromatic rings. The van der Waals surface area contributed by atoms with Crippen molar-refractivity contribution in [1.82, 2.24) is 9.80 Å². The molecule has 0 aliphatic rings. The minimum atomic E-state index is -0.488. The molecule has 7 nitrogen and oxygen atoms in total. The van der Waals surface area contributed by atoms with Crippen molar-refractivity contribution in [3.8, 4) is 0 Å². The number of rotatable bonds is 6. The van der Waals surface area contributed by atoms with Crippen molar-refractivity contribution in [2.45, 2.75) is 54.1 Å². The van der Waals surface area contributed by atoms with Crippen LogP contribution in [-0.4, -0.2) is 65.8 Å². The summed E-state index contributed by atoms with van der Waals surface area (Å²) in [7, 11) is 6.89. The molecule has 2 N–H and O–H groups in total. The van der Waals surface area contributed by atoms with Crippen LogP contribution in [0.3, 0.4) is 0 Å². The number of amides is 2. The van der Waals surface area contributed by atoms with Gasteiger partial charge in [0.25, 0.3) is 0 Å². The summed E-state index contributed by atoms with van der Waals surface area (Å²) >= 11 is -0.239. The second-order valence-corrected chi connectivity index (χ2v) is 9.13. The molecule has 0 fully saturated rings. The third-order valence-corrected chi connectivity index (χ3v) is 4.77. The van der Waals surface area contributed by atoms with Crippen LogP contribution in [0.1, 0.15) is 48.5 Å². The van der Waals surface area contributed by atoms with E-state index in [9.17, 15) is 14.4 Å². The van der Waals surface area contributed by atoms with Crippen molar-refractivity contribution in [3.63, 3.8) is 0 Å². The summed E-state index contributed by atoms with van der Waals surface area (Å²) in [4.78, 5) is 37.1. The molecule has 0 unspecified atom stereocenters. The molecule has 0 aromatic heterocycles. The molecular formula is C18H39IN3O4-. The predicted octanol–water partition coefficient (Wildman–Crippen LogP) is -1.25. The molecule has 0 saturated carbocycles. The SMILES string of the molecule is C.C[C@H](CC(=O)OC(C)(C)C)C(=O)N(C)C.C[C@H](C[I-]N)C(=O)N(C)C. The third kappa shape index (κ3) is 15.4. The summed E-state index contributed by atoms with van der Waals surface area (Å²) in [6.07, 6.45) is 0.133. The molecule has 0 aliphatic carbocycles. The molecule has 0 rings (SSSR count). The number of nitrogens with zero attached hydrogens (tertiary/aromatic N) is 2. The van der Waals surface area contributed by atoms with Gasteiger partial charge in [-0.1, -0.05) is 14.4 Å². The predicted molar refractivity (Wildman–Crippen MR) is 102 cm³/mol. The first-order chi connectivity index (χ1) is 11.2. The monoisotopic (exact) mass is 488 g/mol. The van der Waals surface area contributed by atoms with E-state index < -0.39 is 5.60 Å². The zero-order valence-electron chi connectivity index (χ0n) is 17.1. The van der Waals surface area contributed by atoms with Crippen molar-refractivity contribution < 1.29 is 40.6 Å². The zero-order valence-corrected chi connectivity index (χ0v) is 19.2. The van der Waals surface area contributed by atoms with Gasteiger partial charge in [-0.05, 0) is 20.8 Å². The molecule has 0 bridgehead atoms. The molecule has 0 aliphatic heterocycles. The van der Waals surface area contributed by atoms with Gasteiger partial charge in [-0.15, -0.1) is 0 Å². The molecule has 8 heteroatoms. The van der Waals surface area contributed by atoms with E-state index in [1.54, 1.807) is 40.0 Å². The fourth-order valence-electron chi connectivity index (χ4n) is 1.80. The van der Waals surface area contributed by atoms with Crippen LogP contribution in [0.5, 0.6) is 0 Å². The van der Waals surface area contributed by atoms with E-state index in [1.807, 2.05) is 27.7 Å². The number of halogens is 1. The Morgan fingerprint density at radius 2 is 1.35 bits per heavy atom. The maximum atomic E-state index is 11.5. The van der Waals surface area contributed by atoms with Crippen LogP contribution in [-0.2, 0) is 19.1 Å². The molecule has 0 aromatic carbocycles. The Kier molecular flexibility index (Phi) is 16.3. The zero-order chi connectivity index (χ0) is 20.4. The van der Waals surface area contributed by atoms with Crippen LogP contribution >= 0.6 is 0 Å². The van der Waals surface area contributed by atoms with Gasteiger partial charge in [0.2, 0.25) is 5.91 Å². The normalized spacial score (nSPS) is 12.7. The fraction of sp³-hybridized carbons (Fsp3) is 0.833. The van der Waals surface area contributed by atoms with E-state index in [1.165, 1.54) is 4.90 Å². The third-order valence-electron chi connectivity index (χ3n) is 2.94. The quantitative estimate of drug-likeness (QED) is 0.218. The summed E-state index contributed by atoms with van der Waals surface area (Å²) < 4.78 is 11.4. The Morgan fingerprint density at radius 3 is 1.65 bits per heavy atom. The summed E-state index contributed by atoms with van der Waals surface area (Å²) in [6, 6.07) is 0. The van der Waals surface area contributed by atoms with Crippen LogP contribution in [0.2, 0.25) is 0 Å². The van der Waals surface area contributed by atoms with Crippen LogP contribution in [0.25, 0.3) is 0 Å². The van der Waals surface area contributed by atoms with Gasteiger partial charge in [-0.3, -0.25) is 9.59 Å². The minimum absolute atomic E-state index is 0. The molecule has 0 heterocycles. The molecule has 0 saturated heterocycles. The van der Waals surface area contributed by atoms with Crippen LogP contribution in [0.15, 0.2) is 0 Å². The maximum absolute atomic E-state index is 11.5. The van der Waals surface area contributed by atoms with E-state index in [0.29, 0.717) is 0 Å². The van der Waals surface area contributed by atoms with Crippen molar-refractivity contribution >= 4 is 17.8 Å². The number of hydrogen-bond acceptors (Lipinski definition) is 5. The van der Waals surface area contributed by atoms with Gasteiger partial charge >= 0.3 is 78.4 Å². The molecule has 26 heavy (non-hydrogen) atoms. The number of ether oxygens (including phenoxy) is 1. The summed E-state index contributed by atoms with van der Waals surface area (Å²) in [5, 5.41) is 0. The topological polar surface area (TPSA) is 92.9 Å². The van der Waals surface area contributed by atoms with Gasteiger partial charge in [0.1, 0.15) is 5.60 Å². The first-order valence-corrected chi connectivity index (χ1v) is 10.9. The number of esters is 1. The molecule has 158 valence electrons. The van der Waals surface area contributed by atoms with Gasteiger partial charge in [-0.25, -0.2) is 0 Å². The Morgan fingerprint density at radius 1 is 0.962 bits per heavy atom. The van der Waals surface area contributed by atoms with Crippen LogP contribution < -0.4 is 25.4 Å². The summed E-state index contributed by atoms with van der Waals surface area (Å²) in [5.74, 6) is -0.404. The molecule has 0 radical (unpaired) electrons. The van der Waals surface area contributed by atoms with Crippen LogP contribution in [0, 0.1) is 11.8 Å². The number of alkyl halides is 1. The average Bonchev–Trinajstić information content (AvgIpc) is 2.43. The Labute approximate surface area is 170 Å². The van der Waals surface area contributed by atoms with Crippen molar-refractivity contribution in [2.24, 2.45) is 15.8 Å². The van der Waals surface area contributed by atoms with E-state index in [2.05, 4.69) is 0 Å². The summed E-state index contributed by atoms with van der Waals surface area (Å²) in [6.45, 7) is 9.08. The molecule has 0 spiro atoms. The van der Waals surface area contributed by atoms with Gasteiger partial charge in [0.05, 0.1) is 6.42 Å². The van der Waals surface area contributed by atoms with Crippen molar-refractivity contribution in [3.05, 3.63) is 0 Å². The van der Waals surface area contributed by atoms with Gasteiger partial charge in [0.15, 0.2) is 0 Å². The van der Waals surface area contributed by atoms with Crippen LogP contribution in [0.4, 0.5) is 0 Å². The van der Waals surface area contributed by atoms with E-state index in [-0.39, 0.29) is 64.9 Å². The second kappa shape index (κ2) is 14.2. The van der Waals surface area contributed by atoms with E-state index >= 15 is 0 Å². The molecule has 2 atom stereocenters. The summed E-state index contributed by atoms with van der Waals surface area (Å²) in [5.41, 5.74) is -0.488. The Hall–Kier alpha value is -0.900. The fourth-order valence-corrected chi connectivity index (χ4v) is 2.94. The number of carbonyl (C=O) groups is 3. The first-order valence-electron chi connectivity index (χ1n) is 8.14. The standard InChI is InChI=1S/C11H21NO3.C6H14IN2O.CH4/c1-8(10(14)12(5)6)7-9(13)15-11(2,3)4;1-5(4-7-8)6(10)9(2)3;/h8H,7H2,1-6H3;5H,4,8H2,1-3H3;1H4/q;-1;/t8-;5-;/m11./s1.